The first-order valence-electron chi connectivity index (χ1n) is 6.27. The van der Waals surface area contributed by atoms with Gasteiger partial charge in [-0.05, 0) is 29.3 Å². The average molecular weight is 258 g/mol. The number of carbonyl (C=O) groups excluding carboxylic acids is 1. The van der Waals surface area contributed by atoms with E-state index in [4.69, 9.17) is 5.73 Å². The number of rotatable bonds is 5. The highest BCUT2D eigenvalue weighted by molar-refractivity contribution is 5.83. The second kappa shape index (κ2) is 5.82. The topological polar surface area (TPSA) is 75.3 Å². The zero-order chi connectivity index (χ0) is 13.8. The molecule has 2 aromatic carbocycles. The Morgan fingerprint density at radius 2 is 1.95 bits per heavy atom. The van der Waals surface area contributed by atoms with Crippen molar-refractivity contribution in [1.82, 2.24) is 5.32 Å². The first-order valence-corrected chi connectivity index (χ1v) is 6.27. The average Bonchev–Trinajstić information content (AvgIpc) is 2.43. The maximum absolute atomic E-state index is 10.9. The number of primary amides is 1. The molecule has 2 atom stereocenters. The molecular weight excluding hydrogens is 240 g/mol. The van der Waals surface area contributed by atoms with Crippen LogP contribution in [-0.4, -0.2) is 23.6 Å². The van der Waals surface area contributed by atoms with Crippen LogP contribution in [0.3, 0.4) is 0 Å². The van der Waals surface area contributed by atoms with Crippen LogP contribution in [0.15, 0.2) is 42.5 Å². The summed E-state index contributed by atoms with van der Waals surface area (Å²) in [6, 6.07) is 13.4. The number of carbonyl (C=O) groups is 1. The van der Waals surface area contributed by atoms with Gasteiger partial charge < -0.3 is 16.2 Å². The van der Waals surface area contributed by atoms with Gasteiger partial charge in [0.05, 0.1) is 12.1 Å². The number of hydrogen-bond acceptors (Lipinski definition) is 3. The predicted octanol–water partition coefficient (Wildman–Crippen LogP) is 1.34. The standard InChI is InChI=1S/C15H18N2O2/c1-10(15(16)19)17-9-14(18)13-7-6-11-4-2-3-5-12(11)8-13/h2-8,10,14,17-18H,9H2,1H3,(H2,16,19). The third kappa shape index (κ3) is 3.30. The van der Waals surface area contributed by atoms with Crippen molar-refractivity contribution in [2.24, 2.45) is 5.73 Å². The minimum absolute atomic E-state index is 0.294. The molecule has 1 amide bonds. The summed E-state index contributed by atoms with van der Waals surface area (Å²) in [6.07, 6.45) is -0.661. The number of fused-ring (bicyclic) bond motifs is 1. The molecule has 0 spiro atoms. The summed E-state index contributed by atoms with van der Waals surface area (Å²) in [6.45, 7) is 1.97. The molecule has 4 nitrogen and oxygen atoms in total. The van der Waals surface area contributed by atoms with Crippen LogP contribution in [0.2, 0.25) is 0 Å². The van der Waals surface area contributed by atoms with E-state index in [1.165, 1.54) is 0 Å². The predicted molar refractivity (Wildman–Crippen MR) is 75.6 cm³/mol. The molecular formula is C15H18N2O2. The van der Waals surface area contributed by atoms with Gasteiger partial charge >= 0.3 is 0 Å². The van der Waals surface area contributed by atoms with Crippen LogP contribution >= 0.6 is 0 Å². The van der Waals surface area contributed by atoms with Gasteiger partial charge in [-0.1, -0.05) is 36.4 Å². The molecule has 4 N–H and O–H groups in total. The highest BCUT2D eigenvalue weighted by Crippen LogP contribution is 2.20. The number of nitrogens with two attached hydrogens (primary N) is 1. The number of aliphatic hydroxyl groups excluding tert-OH is 1. The fourth-order valence-electron chi connectivity index (χ4n) is 1.92. The first-order chi connectivity index (χ1) is 9.08. The molecule has 0 saturated heterocycles. The summed E-state index contributed by atoms with van der Waals surface area (Å²) in [7, 11) is 0. The Morgan fingerprint density at radius 3 is 2.63 bits per heavy atom. The van der Waals surface area contributed by atoms with Crippen molar-refractivity contribution >= 4 is 16.7 Å². The molecule has 0 fully saturated rings. The number of nitrogens with one attached hydrogen (secondary N) is 1. The molecule has 0 radical (unpaired) electrons. The Balaban J connectivity index is 2.08. The molecule has 2 aromatic rings. The number of hydrogen-bond donors (Lipinski definition) is 3. The fraction of sp³-hybridized carbons (Fsp3) is 0.267. The molecule has 4 heteroatoms. The van der Waals surface area contributed by atoms with Gasteiger partial charge in [0.2, 0.25) is 5.91 Å². The van der Waals surface area contributed by atoms with E-state index in [1.807, 2.05) is 42.5 Å². The van der Waals surface area contributed by atoms with Gasteiger partial charge in [0.25, 0.3) is 0 Å². The largest absolute Gasteiger partial charge is 0.387 e. The number of benzene rings is 2. The van der Waals surface area contributed by atoms with E-state index in [-0.39, 0.29) is 0 Å². The minimum atomic E-state index is -0.661. The Labute approximate surface area is 112 Å². The lowest BCUT2D eigenvalue weighted by molar-refractivity contribution is -0.119. The molecule has 0 aliphatic rings. The van der Waals surface area contributed by atoms with Gasteiger partial charge in [0.1, 0.15) is 0 Å². The van der Waals surface area contributed by atoms with Gasteiger partial charge in [-0.15, -0.1) is 0 Å². The lowest BCUT2D eigenvalue weighted by Crippen LogP contribution is -2.40. The second-order valence-corrected chi connectivity index (χ2v) is 4.65. The van der Waals surface area contributed by atoms with Crippen molar-refractivity contribution in [1.29, 1.82) is 0 Å². The van der Waals surface area contributed by atoms with Gasteiger partial charge in [-0.25, -0.2) is 0 Å². The van der Waals surface area contributed by atoms with E-state index in [1.54, 1.807) is 6.92 Å². The maximum atomic E-state index is 10.9. The van der Waals surface area contributed by atoms with E-state index in [2.05, 4.69) is 5.32 Å². The zero-order valence-corrected chi connectivity index (χ0v) is 10.8. The monoisotopic (exact) mass is 258 g/mol. The number of amides is 1. The van der Waals surface area contributed by atoms with Crippen LogP contribution in [0.1, 0.15) is 18.6 Å². The summed E-state index contributed by atoms with van der Waals surface area (Å²) in [5.41, 5.74) is 5.97. The molecule has 0 aliphatic heterocycles. The van der Waals surface area contributed by atoms with Crippen molar-refractivity contribution in [3.8, 4) is 0 Å². The maximum Gasteiger partial charge on any atom is 0.234 e. The molecule has 100 valence electrons. The van der Waals surface area contributed by atoms with Crippen LogP contribution in [0, 0.1) is 0 Å². The highest BCUT2D eigenvalue weighted by Gasteiger charge is 2.12. The molecule has 2 rings (SSSR count). The Bertz CT molecular complexity index is 583. The van der Waals surface area contributed by atoms with E-state index in [0.29, 0.717) is 6.54 Å². The molecule has 19 heavy (non-hydrogen) atoms. The third-order valence-corrected chi connectivity index (χ3v) is 3.20. The summed E-state index contributed by atoms with van der Waals surface area (Å²) in [4.78, 5) is 10.9. The summed E-state index contributed by atoms with van der Waals surface area (Å²) >= 11 is 0. The Kier molecular flexibility index (Phi) is 4.14. The van der Waals surface area contributed by atoms with Crippen LogP contribution in [0.5, 0.6) is 0 Å². The van der Waals surface area contributed by atoms with E-state index < -0.39 is 18.1 Å². The van der Waals surface area contributed by atoms with Gasteiger partial charge in [0, 0.05) is 6.54 Å². The molecule has 0 aromatic heterocycles. The Hall–Kier alpha value is -1.91. The molecule has 0 saturated carbocycles. The molecule has 0 heterocycles. The Morgan fingerprint density at radius 1 is 1.26 bits per heavy atom. The third-order valence-electron chi connectivity index (χ3n) is 3.20. The lowest BCUT2D eigenvalue weighted by Gasteiger charge is -2.15. The van der Waals surface area contributed by atoms with Crippen LogP contribution in [0.25, 0.3) is 10.8 Å². The van der Waals surface area contributed by atoms with Crippen molar-refractivity contribution in [3.05, 3.63) is 48.0 Å². The van der Waals surface area contributed by atoms with Crippen molar-refractivity contribution in [3.63, 3.8) is 0 Å². The summed E-state index contributed by atoms with van der Waals surface area (Å²) in [5, 5.41) is 15.2. The van der Waals surface area contributed by atoms with Gasteiger partial charge in [0.15, 0.2) is 0 Å². The van der Waals surface area contributed by atoms with Gasteiger partial charge in [-0.2, -0.15) is 0 Å². The van der Waals surface area contributed by atoms with E-state index >= 15 is 0 Å². The minimum Gasteiger partial charge on any atom is -0.387 e. The van der Waals surface area contributed by atoms with Gasteiger partial charge in [-0.3, -0.25) is 4.79 Å². The summed E-state index contributed by atoms with van der Waals surface area (Å²) < 4.78 is 0. The second-order valence-electron chi connectivity index (χ2n) is 4.65. The van der Waals surface area contributed by atoms with Crippen molar-refractivity contribution < 1.29 is 9.90 Å². The SMILES string of the molecule is CC(NCC(O)c1ccc2ccccc2c1)C(N)=O. The zero-order valence-electron chi connectivity index (χ0n) is 10.8. The van der Waals surface area contributed by atoms with Crippen molar-refractivity contribution in [2.75, 3.05) is 6.54 Å². The smallest absolute Gasteiger partial charge is 0.234 e. The molecule has 0 bridgehead atoms. The summed E-state index contributed by atoms with van der Waals surface area (Å²) in [5.74, 6) is -0.425. The van der Waals surface area contributed by atoms with Crippen LogP contribution in [-0.2, 0) is 4.79 Å². The fourth-order valence-corrected chi connectivity index (χ4v) is 1.92. The van der Waals surface area contributed by atoms with E-state index in [0.717, 1.165) is 16.3 Å². The number of aliphatic hydroxyl groups is 1. The first kappa shape index (κ1) is 13.5. The lowest BCUT2D eigenvalue weighted by atomic mass is 10.0. The quantitative estimate of drug-likeness (QED) is 0.757. The van der Waals surface area contributed by atoms with Crippen LogP contribution < -0.4 is 11.1 Å². The molecule has 2 unspecified atom stereocenters. The van der Waals surface area contributed by atoms with E-state index in [9.17, 15) is 9.90 Å². The highest BCUT2D eigenvalue weighted by atomic mass is 16.3. The van der Waals surface area contributed by atoms with Crippen molar-refractivity contribution in [2.45, 2.75) is 19.1 Å². The van der Waals surface area contributed by atoms with Crippen LogP contribution in [0.4, 0.5) is 0 Å². The molecule has 0 aliphatic carbocycles. The normalized spacial score (nSPS) is 14.2.